The van der Waals surface area contributed by atoms with Crippen LogP contribution in [-0.4, -0.2) is 19.0 Å². The van der Waals surface area contributed by atoms with Crippen LogP contribution in [0.25, 0.3) is 0 Å². The molecule has 0 aliphatic carbocycles. The van der Waals surface area contributed by atoms with Gasteiger partial charge in [-0.05, 0) is 61.3 Å². The van der Waals surface area contributed by atoms with Crippen LogP contribution in [0.5, 0.6) is 11.5 Å². The number of hydrogen-bond donors (Lipinski definition) is 2. The quantitative estimate of drug-likeness (QED) is 0.886. The third-order valence-corrected chi connectivity index (χ3v) is 4.18. The topological polar surface area (TPSA) is 50.4 Å². The number of carbonyl (C=O) groups is 1. The van der Waals surface area contributed by atoms with E-state index in [1.165, 1.54) is 12.1 Å². The van der Waals surface area contributed by atoms with E-state index in [0.717, 1.165) is 36.4 Å². The van der Waals surface area contributed by atoms with Gasteiger partial charge in [0, 0.05) is 13.1 Å². The van der Waals surface area contributed by atoms with Gasteiger partial charge in [-0.1, -0.05) is 12.1 Å². The fourth-order valence-corrected chi connectivity index (χ4v) is 2.78. The lowest BCUT2D eigenvalue weighted by Gasteiger charge is -2.12. The molecule has 0 bridgehead atoms. The van der Waals surface area contributed by atoms with Crippen molar-refractivity contribution in [3.8, 4) is 11.5 Å². The fourth-order valence-electron chi connectivity index (χ4n) is 2.78. The third-order valence-electron chi connectivity index (χ3n) is 4.18. The summed E-state index contributed by atoms with van der Waals surface area (Å²) in [6.45, 7) is 4.12. The van der Waals surface area contributed by atoms with E-state index in [0.29, 0.717) is 12.3 Å². The molecular weight excluding hydrogens is 307 g/mol. The average Bonchev–Trinajstić information content (AvgIpc) is 3.11. The Morgan fingerprint density at radius 2 is 2.08 bits per heavy atom. The van der Waals surface area contributed by atoms with Gasteiger partial charge in [0.15, 0.2) is 0 Å². The van der Waals surface area contributed by atoms with Gasteiger partial charge in [-0.15, -0.1) is 0 Å². The van der Waals surface area contributed by atoms with Gasteiger partial charge < -0.3 is 15.4 Å². The fraction of sp³-hybridized carbons (Fsp3) is 0.316. The maximum absolute atomic E-state index is 12.9. The van der Waals surface area contributed by atoms with Crippen molar-refractivity contribution in [3.05, 3.63) is 59.4 Å². The summed E-state index contributed by atoms with van der Waals surface area (Å²) >= 11 is 0. The number of aryl methyl sites for hydroxylation is 1. The highest BCUT2D eigenvalue weighted by Gasteiger charge is 2.21. The van der Waals surface area contributed by atoms with Gasteiger partial charge in [-0.3, -0.25) is 4.79 Å². The lowest BCUT2D eigenvalue weighted by molar-refractivity contribution is -0.124. The van der Waals surface area contributed by atoms with Crippen LogP contribution in [-0.2, 0) is 11.3 Å². The van der Waals surface area contributed by atoms with Crippen LogP contribution >= 0.6 is 0 Å². The molecule has 24 heavy (non-hydrogen) atoms. The van der Waals surface area contributed by atoms with E-state index in [4.69, 9.17) is 4.74 Å². The number of rotatable bonds is 5. The summed E-state index contributed by atoms with van der Waals surface area (Å²) in [5.74, 6) is 1.20. The van der Waals surface area contributed by atoms with Crippen LogP contribution in [0.2, 0.25) is 0 Å². The minimum absolute atomic E-state index is 0.0761. The van der Waals surface area contributed by atoms with Gasteiger partial charge >= 0.3 is 0 Å². The molecule has 0 spiro atoms. The molecule has 1 unspecified atom stereocenters. The minimum Gasteiger partial charge on any atom is -0.457 e. The van der Waals surface area contributed by atoms with Crippen molar-refractivity contribution in [3.63, 3.8) is 0 Å². The van der Waals surface area contributed by atoms with Gasteiger partial charge in [0.05, 0.1) is 5.92 Å². The second-order valence-electron chi connectivity index (χ2n) is 6.06. The number of carbonyl (C=O) groups excluding carboxylic acids is 1. The van der Waals surface area contributed by atoms with Crippen molar-refractivity contribution in [2.45, 2.75) is 19.9 Å². The molecule has 1 aliphatic rings. The molecule has 0 aromatic heterocycles. The molecule has 1 amide bonds. The SMILES string of the molecule is Cc1cc(CNC(=O)C2CCNC2)ccc1Oc1ccc(F)cc1. The van der Waals surface area contributed by atoms with Crippen molar-refractivity contribution in [1.82, 2.24) is 10.6 Å². The number of hydrogen-bond acceptors (Lipinski definition) is 3. The number of halogens is 1. The van der Waals surface area contributed by atoms with Crippen molar-refractivity contribution in [1.29, 1.82) is 0 Å². The van der Waals surface area contributed by atoms with Crippen LogP contribution in [0.1, 0.15) is 17.5 Å². The zero-order valence-electron chi connectivity index (χ0n) is 13.6. The molecule has 2 N–H and O–H groups in total. The van der Waals surface area contributed by atoms with Gasteiger partial charge in [-0.2, -0.15) is 0 Å². The molecule has 2 aromatic carbocycles. The molecule has 1 atom stereocenters. The molecule has 1 aliphatic heterocycles. The lowest BCUT2D eigenvalue weighted by atomic mass is 10.1. The third kappa shape index (κ3) is 4.11. The van der Waals surface area contributed by atoms with Gasteiger partial charge in [-0.25, -0.2) is 4.39 Å². The molecule has 3 rings (SSSR count). The highest BCUT2D eigenvalue weighted by Crippen LogP contribution is 2.26. The normalized spacial score (nSPS) is 16.8. The summed E-state index contributed by atoms with van der Waals surface area (Å²) in [7, 11) is 0. The molecule has 4 nitrogen and oxygen atoms in total. The van der Waals surface area contributed by atoms with E-state index in [1.54, 1.807) is 12.1 Å². The van der Waals surface area contributed by atoms with Crippen molar-refractivity contribution in [2.24, 2.45) is 5.92 Å². The molecule has 1 heterocycles. The molecule has 1 fully saturated rings. The van der Waals surface area contributed by atoms with Crippen molar-refractivity contribution < 1.29 is 13.9 Å². The largest absolute Gasteiger partial charge is 0.457 e. The highest BCUT2D eigenvalue weighted by atomic mass is 19.1. The molecule has 126 valence electrons. The number of amides is 1. The molecule has 1 saturated heterocycles. The zero-order valence-corrected chi connectivity index (χ0v) is 13.6. The number of benzene rings is 2. The van der Waals surface area contributed by atoms with E-state index >= 15 is 0 Å². The van der Waals surface area contributed by atoms with E-state index < -0.39 is 0 Å². The molecule has 0 saturated carbocycles. The zero-order chi connectivity index (χ0) is 16.9. The van der Waals surface area contributed by atoms with Gasteiger partial charge in [0.25, 0.3) is 0 Å². The Hall–Kier alpha value is -2.40. The van der Waals surface area contributed by atoms with E-state index in [1.807, 2.05) is 25.1 Å². The Labute approximate surface area is 141 Å². The summed E-state index contributed by atoms with van der Waals surface area (Å²) in [5, 5.41) is 6.18. The Morgan fingerprint density at radius 3 is 2.75 bits per heavy atom. The average molecular weight is 328 g/mol. The first kappa shape index (κ1) is 16.5. The van der Waals surface area contributed by atoms with Crippen molar-refractivity contribution >= 4 is 5.91 Å². The Kier molecular flexibility index (Phi) is 5.11. The maximum atomic E-state index is 12.9. The molecule has 0 radical (unpaired) electrons. The summed E-state index contributed by atoms with van der Waals surface area (Å²) in [6.07, 6.45) is 0.898. The summed E-state index contributed by atoms with van der Waals surface area (Å²) in [4.78, 5) is 12.0. The lowest BCUT2D eigenvalue weighted by Crippen LogP contribution is -2.31. The van der Waals surface area contributed by atoms with Crippen LogP contribution in [0.15, 0.2) is 42.5 Å². The monoisotopic (exact) mass is 328 g/mol. The van der Waals surface area contributed by atoms with E-state index in [9.17, 15) is 9.18 Å². The second-order valence-corrected chi connectivity index (χ2v) is 6.06. The van der Waals surface area contributed by atoms with Crippen molar-refractivity contribution in [2.75, 3.05) is 13.1 Å². The molecule has 5 heteroatoms. The van der Waals surface area contributed by atoms with Crippen LogP contribution in [0.3, 0.4) is 0 Å². The predicted molar refractivity (Wildman–Crippen MR) is 90.5 cm³/mol. The standard InChI is InChI=1S/C19H21FN2O2/c1-13-10-14(11-22-19(23)15-8-9-21-12-15)2-7-18(13)24-17-5-3-16(20)4-6-17/h2-7,10,15,21H,8-9,11-12H2,1H3,(H,22,23). The van der Waals surface area contributed by atoms with Crippen LogP contribution in [0.4, 0.5) is 4.39 Å². The molecule has 2 aromatic rings. The first-order valence-corrected chi connectivity index (χ1v) is 8.13. The number of ether oxygens (including phenoxy) is 1. The van der Waals surface area contributed by atoms with Gasteiger partial charge in [0.1, 0.15) is 17.3 Å². The highest BCUT2D eigenvalue weighted by molar-refractivity contribution is 5.79. The summed E-state index contributed by atoms with van der Waals surface area (Å²) in [6, 6.07) is 11.7. The molecular formula is C19H21FN2O2. The summed E-state index contributed by atoms with van der Waals surface area (Å²) < 4.78 is 18.7. The maximum Gasteiger partial charge on any atom is 0.224 e. The summed E-state index contributed by atoms with van der Waals surface area (Å²) in [5.41, 5.74) is 1.99. The Bertz CT molecular complexity index is 710. The Balaban J connectivity index is 1.59. The minimum atomic E-state index is -0.289. The second kappa shape index (κ2) is 7.45. The van der Waals surface area contributed by atoms with Crippen LogP contribution in [0, 0.1) is 18.7 Å². The Morgan fingerprint density at radius 1 is 1.29 bits per heavy atom. The first-order chi connectivity index (χ1) is 11.6. The smallest absolute Gasteiger partial charge is 0.224 e. The first-order valence-electron chi connectivity index (χ1n) is 8.13. The van der Waals surface area contributed by atoms with E-state index in [2.05, 4.69) is 10.6 Å². The number of nitrogens with one attached hydrogen (secondary N) is 2. The predicted octanol–water partition coefficient (Wildman–Crippen LogP) is 3.15. The van der Waals surface area contributed by atoms with E-state index in [-0.39, 0.29) is 17.6 Å². The van der Waals surface area contributed by atoms with Gasteiger partial charge in [0.2, 0.25) is 5.91 Å². The van der Waals surface area contributed by atoms with Crippen LogP contribution < -0.4 is 15.4 Å².